The summed E-state index contributed by atoms with van der Waals surface area (Å²) in [5.41, 5.74) is 5.68. The molecular weight excluding hydrogens is 204 g/mol. The Labute approximate surface area is 84.9 Å². The maximum absolute atomic E-state index is 11.2. The molecule has 1 saturated heterocycles. The molecule has 0 spiro atoms. The van der Waals surface area contributed by atoms with Crippen molar-refractivity contribution in [2.45, 2.75) is 18.9 Å². The third-order valence-corrected chi connectivity index (χ3v) is 4.09. The fourth-order valence-corrected chi connectivity index (χ4v) is 2.66. The molecule has 0 radical (unpaired) electrons. The second-order valence-electron chi connectivity index (χ2n) is 3.85. The molecule has 6 heteroatoms. The lowest BCUT2D eigenvalue weighted by Crippen LogP contribution is -2.44. The number of piperidine rings is 1. The van der Waals surface area contributed by atoms with E-state index in [-0.39, 0.29) is 18.6 Å². The van der Waals surface area contributed by atoms with Gasteiger partial charge in [0.25, 0.3) is 0 Å². The second kappa shape index (κ2) is 4.57. The smallest absolute Gasteiger partial charge is 0.211 e. The van der Waals surface area contributed by atoms with E-state index < -0.39 is 10.0 Å². The van der Waals surface area contributed by atoms with Gasteiger partial charge in [-0.1, -0.05) is 0 Å². The number of nitrogens with zero attached hydrogens (tertiary/aromatic N) is 1. The van der Waals surface area contributed by atoms with Crippen LogP contribution in [0.15, 0.2) is 0 Å². The summed E-state index contributed by atoms with van der Waals surface area (Å²) in [6, 6.07) is -0.211. The van der Waals surface area contributed by atoms with Crippen molar-refractivity contribution in [3.05, 3.63) is 0 Å². The van der Waals surface area contributed by atoms with E-state index in [0.717, 1.165) is 12.8 Å². The van der Waals surface area contributed by atoms with Gasteiger partial charge in [-0.3, -0.25) is 0 Å². The van der Waals surface area contributed by atoms with Crippen molar-refractivity contribution < 1.29 is 13.5 Å². The summed E-state index contributed by atoms with van der Waals surface area (Å²) in [7, 11) is -3.05. The van der Waals surface area contributed by atoms with Gasteiger partial charge >= 0.3 is 0 Å². The van der Waals surface area contributed by atoms with Gasteiger partial charge in [0.05, 0.1) is 12.9 Å². The van der Waals surface area contributed by atoms with E-state index in [1.54, 1.807) is 0 Å². The van der Waals surface area contributed by atoms with E-state index in [2.05, 4.69) is 0 Å². The van der Waals surface area contributed by atoms with E-state index >= 15 is 0 Å². The van der Waals surface area contributed by atoms with Crippen molar-refractivity contribution in [1.29, 1.82) is 0 Å². The zero-order valence-corrected chi connectivity index (χ0v) is 9.20. The predicted molar refractivity (Wildman–Crippen MR) is 54.2 cm³/mol. The third kappa shape index (κ3) is 2.91. The summed E-state index contributed by atoms with van der Waals surface area (Å²) in [5.74, 6) is 0.248. The molecule has 1 atom stereocenters. The lowest BCUT2D eigenvalue weighted by Gasteiger charge is -2.32. The fourth-order valence-electron chi connectivity index (χ4n) is 1.78. The SMILES string of the molecule is CS(=O)(=O)N1CCC(C(N)CO)CC1. The number of rotatable bonds is 3. The Morgan fingerprint density at radius 2 is 2.00 bits per heavy atom. The van der Waals surface area contributed by atoms with Crippen LogP contribution >= 0.6 is 0 Å². The Hall–Kier alpha value is -0.170. The molecule has 1 fully saturated rings. The Kier molecular flexibility index (Phi) is 3.88. The van der Waals surface area contributed by atoms with Gasteiger partial charge in [-0.2, -0.15) is 0 Å². The molecule has 1 heterocycles. The number of aliphatic hydroxyl groups is 1. The third-order valence-electron chi connectivity index (χ3n) is 2.78. The average Bonchev–Trinajstić information content (AvgIpc) is 2.15. The van der Waals surface area contributed by atoms with Gasteiger partial charge in [0.2, 0.25) is 10.0 Å². The summed E-state index contributed by atoms with van der Waals surface area (Å²) in [5, 5.41) is 8.86. The summed E-state index contributed by atoms with van der Waals surface area (Å²) in [4.78, 5) is 0. The average molecular weight is 222 g/mol. The topological polar surface area (TPSA) is 83.6 Å². The fraction of sp³-hybridized carbons (Fsp3) is 1.00. The van der Waals surface area contributed by atoms with Gasteiger partial charge in [-0.15, -0.1) is 0 Å². The van der Waals surface area contributed by atoms with Crippen LogP contribution in [0.1, 0.15) is 12.8 Å². The van der Waals surface area contributed by atoms with Crippen molar-refractivity contribution in [2.75, 3.05) is 26.0 Å². The van der Waals surface area contributed by atoms with E-state index in [1.165, 1.54) is 10.6 Å². The molecule has 5 nitrogen and oxygen atoms in total. The molecule has 1 unspecified atom stereocenters. The molecule has 0 bridgehead atoms. The van der Waals surface area contributed by atoms with Crippen LogP contribution in [0.4, 0.5) is 0 Å². The predicted octanol–water partition coefficient (Wildman–Crippen LogP) is -1.02. The molecule has 0 aliphatic carbocycles. The first kappa shape index (κ1) is 11.9. The van der Waals surface area contributed by atoms with Gasteiger partial charge in [-0.25, -0.2) is 12.7 Å². The van der Waals surface area contributed by atoms with Gasteiger partial charge in [0.1, 0.15) is 0 Å². The monoisotopic (exact) mass is 222 g/mol. The van der Waals surface area contributed by atoms with E-state index in [1.807, 2.05) is 0 Å². The van der Waals surface area contributed by atoms with Crippen LogP contribution < -0.4 is 5.73 Å². The number of nitrogens with two attached hydrogens (primary N) is 1. The number of hydrogen-bond donors (Lipinski definition) is 2. The minimum Gasteiger partial charge on any atom is -0.395 e. The molecule has 3 N–H and O–H groups in total. The highest BCUT2D eigenvalue weighted by Gasteiger charge is 2.27. The molecule has 1 aliphatic rings. The molecule has 0 aromatic rings. The summed E-state index contributed by atoms with van der Waals surface area (Å²) >= 11 is 0. The maximum Gasteiger partial charge on any atom is 0.211 e. The highest BCUT2D eigenvalue weighted by molar-refractivity contribution is 7.88. The first-order valence-corrected chi connectivity index (χ1v) is 6.61. The summed E-state index contributed by atoms with van der Waals surface area (Å²) in [6.07, 6.45) is 2.71. The molecule has 84 valence electrons. The number of aliphatic hydroxyl groups excluding tert-OH is 1. The quantitative estimate of drug-likeness (QED) is 0.640. The Morgan fingerprint density at radius 1 is 1.50 bits per heavy atom. The van der Waals surface area contributed by atoms with Gasteiger partial charge in [0.15, 0.2) is 0 Å². The van der Waals surface area contributed by atoms with Gasteiger partial charge < -0.3 is 10.8 Å². The molecule has 14 heavy (non-hydrogen) atoms. The summed E-state index contributed by atoms with van der Waals surface area (Å²) < 4.78 is 23.8. The van der Waals surface area contributed by atoms with Crippen LogP contribution in [0.2, 0.25) is 0 Å². The Morgan fingerprint density at radius 3 is 2.36 bits per heavy atom. The van der Waals surface area contributed by atoms with Crippen LogP contribution in [0.3, 0.4) is 0 Å². The molecule has 1 aliphatic heterocycles. The molecule has 1 rings (SSSR count). The first-order valence-electron chi connectivity index (χ1n) is 4.76. The summed E-state index contributed by atoms with van der Waals surface area (Å²) in [6.45, 7) is 1.03. The largest absolute Gasteiger partial charge is 0.395 e. The number of sulfonamides is 1. The van der Waals surface area contributed by atoms with E-state index in [9.17, 15) is 8.42 Å². The van der Waals surface area contributed by atoms with E-state index in [4.69, 9.17) is 10.8 Å². The lowest BCUT2D eigenvalue weighted by molar-refractivity contribution is 0.181. The lowest BCUT2D eigenvalue weighted by atomic mass is 9.91. The maximum atomic E-state index is 11.2. The standard InChI is InChI=1S/C8H18N2O3S/c1-14(12,13)10-4-2-7(3-5-10)8(9)6-11/h7-8,11H,2-6,9H2,1H3. The van der Waals surface area contributed by atoms with Crippen LogP contribution in [-0.4, -0.2) is 49.8 Å². The molecular formula is C8H18N2O3S. The Bertz CT molecular complexity index is 270. The molecule has 0 saturated carbocycles. The minimum atomic E-state index is -3.05. The highest BCUT2D eigenvalue weighted by Crippen LogP contribution is 2.20. The first-order chi connectivity index (χ1) is 6.45. The second-order valence-corrected chi connectivity index (χ2v) is 5.83. The van der Waals surface area contributed by atoms with Crippen LogP contribution in [0.5, 0.6) is 0 Å². The van der Waals surface area contributed by atoms with E-state index in [0.29, 0.717) is 13.1 Å². The molecule has 0 aromatic heterocycles. The zero-order valence-electron chi connectivity index (χ0n) is 8.39. The van der Waals surface area contributed by atoms with Gasteiger partial charge in [0, 0.05) is 19.1 Å². The Balaban J connectivity index is 2.47. The number of hydrogen-bond acceptors (Lipinski definition) is 4. The normalized spacial score (nSPS) is 23.6. The van der Waals surface area contributed by atoms with Crippen LogP contribution in [0.25, 0.3) is 0 Å². The van der Waals surface area contributed by atoms with Crippen LogP contribution in [-0.2, 0) is 10.0 Å². The van der Waals surface area contributed by atoms with Crippen molar-refractivity contribution in [2.24, 2.45) is 11.7 Å². The van der Waals surface area contributed by atoms with Crippen molar-refractivity contribution in [3.8, 4) is 0 Å². The van der Waals surface area contributed by atoms with Crippen molar-refractivity contribution in [1.82, 2.24) is 4.31 Å². The zero-order chi connectivity index (χ0) is 10.8. The molecule has 0 aromatic carbocycles. The van der Waals surface area contributed by atoms with Gasteiger partial charge in [-0.05, 0) is 18.8 Å². The van der Waals surface area contributed by atoms with Crippen molar-refractivity contribution >= 4 is 10.0 Å². The van der Waals surface area contributed by atoms with Crippen molar-refractivity contribution in [3.63, 3.8) is 0 Å². The molecule has 0 amide bonds. The highest BCUT2D eigenvalue weighted by atomic mass is 32.2. The van der Waals surface area contributed by atoms with Crippen LogP contribution in [0, 0.1) is 5.92 Å². The minimum absolute atomic E-state index is 0.0243.